The molecule has 3 rings (SSSR count). The molecule has 104 valence electrons. The van der Waals surface area contributed by atoms with E-state index in [0.29, 0.717) is 11.6 Å². The molecular weight excluding hydrogens is 282 g/mol. The summed E-state index contributed by atoms with van der Waals surface area (Å²) in [5, 5.41) is 4.31. The van der Waals surface area contributed by atoms with Crippen molar-refractivity contribution in [2.75, 3.05) is 0 Å². The summed E-state index contributed by atoms with van der Waals surface area (Å²) in [6.07, 6.45) is 3.66. The van der Waals surface area contributed by atoms with Crippen molar-refractivity contribution in [2.24, 2.45) is 5.73 Å². The van der Waals surface area contributed by atoms with Crippen molar-refractivity contribution in [3.63, 3.8) is 0 Å². The number of hydrogen-bond acceptors (Lipinski definition) is 4. The number of hydrogen-bond donors (Lipinski definition) is 1. The molecule has 6 heteroatoms. The molecule has 0 saturated carbocycles. The zero-order chi connectivity index (χ0) is 14.8. The zero-order valence-electron chi connectivity index (χ0n) is 11.4. The Bertz CT molecular complexity index is 795. The molecule has 0 aliphatic heterocycles. The summed E-state index contributed by atoms with van der Waals surface area (Å²) in [6, 6.07) is 11.8. The Kier molecular flexibility index (Phi) is 3.45. The molecular formula is C15H13N5S. The largest absolute Gasteiger partial charge is 0.388 e. The number of nitrogens with two attached hydrogens (primary N) is 1. The minimum absolute atomic E-state index is 0.247. The molecule has 0 unspecified atom stereocenters. The highest BCUT2D eigenvalue weighted by Gasteiger charge is 2.08. The number of aryl methyl sites for hydroxylation is 1. The summed E-state index contributed by atoms with van der Waals surface area (Å²) in [5.41, 5.74) is 9.06. The smallest absolute Gasteiger partial charge is 0.251 e. The van der Waals surface area contributed by atoms with Crippen LogP contribution in [-0.4, -0.2) is 24.7 Å². The van der Waals surface area contributed by atoms with E-state index in [2.05, 4.69) is 15.1 Å². The lowest BCUT2D eigenvalue weighted by molar-refractivity contribution is 0.799. The minimum atomic E-state index is 0.247. The van der Waals surface area contributed by atoms with Crippen molar-refractivity contribution in [3.8, 4) is 17.1 Å². The standard InChI is InChI=1S/C15H13N5S/c1-10-7-13(14(16)21)19-15(18-10)20-9-12(8-17-20)11-5-3-2-4-6-11/h2-9H,1H3,(H2,16,21). The van der Waals surface area contributed by atoms with Crippen LogP contribution in [0.3, 0.4) is 0 Å². The molecule has 0 spiro atoms. The van der Waals surface area contributed by atoms with Crippen molar-refractivity contribution in [2.45, 2.75) is 6.92 Å². The highest BCUT2D eigenvalue weighted by Crippen LogP contribution is 2.18. The van der Waals surface area contributed by atoms with Gasteiger partial charge in [-0.2, -0.15) is 5.10 Å². The van der Waals surface area contributed by atoms with E-state index >= 15 is 0 Å². The Morgan fingerprint density at radius 3 is 2.62 bits per heavy atom. The molecule has 1 aromatic carbocycles. The van der Waals surface area contributed by atoms with Crippen LogP contribution in [0, 0.1) is 6.92 Å². The third kappa shape index (κ3) is 2.80. The average molecular weight is 295 g/mol. The van der Waals surface area contributed by atoms with Crippen LogP contribution in [0.5, 0.6) is 0 Å². The van der Waals surface area contributed by atoms with E-state index in [1.165, 1.54) is 0 Å². The van der Waals surface area contributed by atoms with E-state index in [-0.39, 0.29) is 4.99 Å². The first-order valence-corrected chi connectivity index (χ1v) is 6.80. The molecule has 0 atom stereocenters. The van der Waals surface area contributed by atoms with Crippen LogP contribution in [0.15, 0.2) is 48.8 Å². The van der Waals surface area contributed by atoms with Gasteiger partial charge in [0.15, 0.2) is 0 Å². The average Bonchev–Trinajstić information content (AvgIpc) is 2.97. The summed E-state index contributed by atoms with van der Waals surface area (Å²) in [6.45, 7) is 1.87. The van der Waals surface area contributed by atoms with Crippen molar-refractivity contribution < 1.29 is 0 Å². The first-order chi connectivity index (χ1) is 10.1. The van der Waals surface area contributed by atoms with Crippen LogP contribution < -0.4 is 5.73 Å². The topological polar surface area (TPSA) is 69.6 Å². The summed E-state index contributed by atoms with van der Waals surface area (Å²) in [5.74, 6) is 0.458. The number of thiocarbonyl (C=S) groups is 1. The zero-order valence-corrected chi connectivity index (χ0v) is 12.2. The van der Waals surface area contributed by atoms with Crippen molar-refractivity contribution in [1.29, 1.82) is 0 Å². The summed E-state index contributed by atoms with van der Waals surface area (Å²) < 4.78 is 1.62. The van der Waals surface area contributed by atoms with Crippen LogP contribution in [-0.2, 0) is 0 Å². The fraction of sp³-hybridized carbons (Fsp3) is 0.0667. The lowest BCUT2D eigenvalue weighted by Gasteiger charge is -2.04. The van der Waals surface area contributed by atoms with Gasteiger partial charge in [-0.1, -0.05) is 42.5 Å². The summed E-state index contributed by atoms with van der Waals surface area (Å²) in [4.78, 5) is 8.95. The molecule has 0 radical (unpaired) electrons. The van der Waals surface area contributed by atoms with Gasteiger partial charge in [0, 0.05) is 17.5 Å². The first-order valence-electron chi connectivity index (χ1n) is 6.39. The van der Waals surface area contributed by atoms with E-state index in [1.54, 1.807) is 16.9 Å². The van der Waals surface area contributed by atoms with Gasteiger partial charge in [-0.15, -0.1) is 0 Å². The lowest BCUT2D eigenvalue weighted by Crippen LogP contribution is -2.15. The second-order valence-corrected chi connectivity index (χ2v) is 5.04. The number of aromatic nitrogens is 4. The molecule has 2 N–H and O–H groups in total. The maximum atomic E-state index is 5.64. The van der Waals surface area contributed by atoms with Gasteiger partial charge in [0.1, 0.15) is 10.7 Å². The van der Waals surface area contributed by atoms with Crippen LogP contribution in [0.2, 0.25) is 0 Å². The Balaban J connectivity index is 2.02. The molecule has 0 saturated heterocycles. The van der Waals surface area contributed by atoms with Crippen LogP contribution >= 0.6 is 12.2 Å². The maximum Gasteiger partial charge on any atom is 0.251 e. The highest BCUT2D eigenvalue weighted by molar-refractivity contribution is 7.80. The predicted octanol–water partition coefficient (Wildman–Crippen LogP) is 2.27. The molecule has 0 bridgehead atoms. The Hall–Kier alpha value is -2.60. The van der Waals surface area contributed by atoms with Gasteiger partial charge in [-0.3, -0.25) is 0 Å². The van der Waals surface area contributed by atoms with E-state index in [9.17, 15) is 0 Å². The molecule has 3 aromatic rings. The second-order valence-electron chi connectivity index (χ2n) is 4.60. The molecule has 0 fully saturated rings. The third-order valence-electron chi connectivity index (χ3n) is 2.99. The van der Waals surface area contributed by atoms with E-state index in [4.69, 9.17) is 18.0 Å². The molecule has 0 aliphatic rings. The summed E-state index contributed by atoms with van der Waals surface area (Å²) >= 11 is 4.97. The van der Waals surface area contributed by atoms with Crippen molar-refractivity contribution in [3.05, 3.63) is 60.2 Å². The van der Waals surface area contributed by atoms with Gasteiger partial charge in [-0.25, -0.2) is 14.6 Å². The van der Waals surface area contributed by atoms with Gasteiger partial charge >= 0.3 is 0 Å². The van der Waals surface area contributed by atoms with E-state index < -0.39 is 0 Å². The van der Waals surface area contributed by atoms with Crippen LogP contribution in [0.25, 0.3) is 17.1 Å². The van der Waals surface area contributed by atoms with Crippen LogP contribution in [0.4, 0.5) is 0 Å². The predicted molar refractivity (Wildman–Crippen MR) is 85.2 cm³/mol. The van der Waals surface area contributed by atoms with E-state index in [1.807, 2.05) is 43.5 Å². The second kappa shape index (κ2) is 5.41. The number of rotatable bonds is 3. The Labute approximate surface area is 127 Å². The molecule has 21 heavy (non-hydrogen) atoms. The third-order valence-corrected chi connectivity index (χ3v) is 3.20. The Morgan fingerprint density at radius 1 is 1.14 bits per heavy atom. The van der Waals surface area contributed by atoms with E-state index in [0.717, 1.165) is 16.8 Å². The number of nitrogens with zero attached hydrogens (tertiary/aromatic N) is 4. The fourth-order valence-corrected chi connectivity index (χ4v) is 2.10. The van der Waals surface area contributed by atoms with Gasteiger partial charge in [-0.05, 0) is 18.6 Å². The number of benzene rings is 1. The van der Waals surface area contributed by atoms with Gasteiger partial charge < -0.3 is 5.73 Å². The highest BCUT2D eigenvalue weighted by atomic mass is 32.1. The Morgan fingerprint density at radius 2 is 1.90 bits per heavy atom. The van der Waals surface area contributed by atoms with Gasteiger partial charge in [0.05, 0.1) is 6.20 Å². The SMILES string of the molecule is Cc1cc(C(N)=S)nc(-n2cc(-c3ccccc3)cn2)n1. The van der Waals surface area contributed by atoms with Crippen molar-refractivity contribution in [1.82, 2.24) is 19.7 Å². The van der Waals surface area contributed by atoms with Gasteiger partial charge in [0.25, 0.3) is 5.95 Å². The first kappa shape index (κ1) is 13.4. The van der Waals surface area contributed by atoms with Crippen LogP contribution in [0.1, 0.15) is 11.4 Å². The fourth-order valence-electron chi connectivity index (χ4n) is 1.99. The summed E-state index contributed by atoms with van der Waals surface area (Å²) in [7, 11) is 0. The maximum absolute atomic E-state index is 5.64. The van der Waals surface area contributed by atoms with Crippen molar-refractivity contribution >= 4 is 17.2 Å². The lowest BCUT2D eigenvalue weighted by atomic mass is 10.1. The monoisotopic (exact) mass is 295 g/mol. The minimum Gasteiger partial charge on any atom is -0.388 e. The molecule has 2 heterocycles. The quantitative estimate of drug-likeness (QED) is 0.751. The molecule has 5 nitrogen and oxygen atoms in total. The molecule has 0 aliphatic carbocycles. The van der Waals surface area contributed by atoms with Gasteiger partial charge in [0.2, 0.25) is 0 Å². The molecule has 0 amide bonds. The normalized spacial score (nSPS) is 10.5. The molecule has 2 aromatic heterocycles.